The number of ether oxygens (including phenoxy) is 1. The topological polar surface area (TPSA) is 120 Å². The first-order valence-corrected chi connectivity index (χ1v) is 11.3. The molecule has 0 aliphatic carbocycles. The molecule has 0 spiro atoms. The summed E-state index contributed by atoms with van der Waals surface area (Å²) in [6.45, 7) is -3.46. The maximum atomic E-state index is 10.4. The van der Waals surface area contributed by atoms with Gasteiger partial charge in [0.2, 0.25) is 12.2 Å². The third-order valence-electron chi connectivity index (χ3n) is 3.66. The van der Waals surface area contributed by atoms with Gasteiger partial charge in [-0.2, -0.15) is 9.98 Å². The molecule has 3 aromatic carbocycles. The molecule has 3 rings (SSSR count). The van der Waals surface area contributed by atoms with Crippen LogP contribution in [0.25, 0.3) is 0 Å². The van der Waals surface area contributed by atoms with Crippen LogP contribution in [-0.4, -0.2) is 12.2 Å². The van der Waals surface area contributed by atoms with Crippen LogP contribution in [0.2, 0.25) is 0 Å². The second-order valence-corrected chi connectivity index (χ2v) is 8.56. The summed E-state index contributed by atoms with van der Waals surface area (Å²) in [5.74, 6) is 1.30. The summed E-state index contributed by atoms with van der Waals surface area (Å²) in [7, 11) is 0. The molecule has 158 valence electrons. The Morgan fingerprint density at radius 3 is 1.34 bits per heavy atom. The Morgan fingerprint density at radius 1 is 0.656 bits per heavy atom. The van der Waals surface area contributed by atoms with E-state index in [0.29, 0.717) is 34.4 Å². The number of carbonyl (C=O) groups excluding carboxylic acids is 2. The molecular weight excluding hydrogens is 453 g/mol. The van der Waals surface area contributed by atoms with E-state index in [1.54, 1.807) is 66.9 Å². The van der Waals surface area contributed by atoms with Gasteiger partial charge < -0.3 is 18.3 Å². The van der Waals surface area contributed by atoms with Gasteiger partial charge in [-0.3, -0.25) is 0 Å². The lowest BCUT2D eigenvalue weighted by molar-refractivity contribution is 0.383. The van der Waals surface area contributed by atoms with Crippen molar-refractivity contribution in [1.29, 1.82) is 5.26 Å². The highest BCUT2D eigenvalue weighted by atomic mass is 32.5. The third kappa shape index (κ3) is 6.38. The first-order chi connectivity index (χ1) is 15.5. The Labute approximate surface area is 187 Å². The minimum absolute atomic E-state index is 0.322. The first-order valence-electron chi connectivity index (χ1n) is 8.74. The van der Waals surface area contributed by atoms with Crippen LogP contribution in [0.15, 0.2) is 82.8 Å². The van der Waals surface area contributed by atoms with Gasteiger partial charge in [-0.25, -0.2) is 9.59 Å². The zero-order valence-corrected chi connectivity index (χ0v) is 17.8. The molecule has 0 saturated heterocycles. The average molecular weight is 465 g/mol. The van der Waals surface area contributed by atoms with Gasteiger partial charge in [0.25, 0.3) is 6.26 Å². The number of benzene rings is 3. The molecule has 0 bridgehead atoms. The molecule has 3 aromatic rings. The zero-order valence-electron chi connectivity index (χ0n) is 16.1. The highest BCUT2D eigenvalue weighted by Gasteiger charge is 2.27. The quantitative estimate of drug-likeness (QED) is 0.182. The van der Waals surface area contributed by atoms with Gasteiger partial charge in [0, 0.05) is 11.8 Å². The second-order valence-electron chi connectivity index (χ2n) is 5.78. The summed E-state index contributed by atoms with van der Waals surface area (Å²) < 4.78 is 22.4. The average Bonchev–Trinajstić information content (AvgIpc) is 2.78. The van der Waals surface area contributed by atoms with E-state index < -0.39 is 6.72 Å². The SMILES string of the molecule is N#COc1ccc(OP(=S)(Oc2ccc(N=C=O)cc2)Oc2ccc(N=C=O)cc2)cc1. The molecule has 0 N–H and O–H groups in total. The van der Waals surface area contributed by atoms with Crippen molar-refractivity contribution < 1.29 is 27.9 Å². The number of aliphatic imine (C=N–C) groups is 2. The standard InChI is InChI=1S/C21H12N3O6PS/c22-13-27-18-9-11-21(12-10-18)30-31(32,28-19-5-1-16(2-6-19)23-14-25)29-20-7-3-17(4-8-20)24-15-26/h1-12H. The van der Waals surface area contributed by atoms with Crippen molar-refractivity contribution in [3.05, 3.63) is 72.8 Å². The first kappa shape index (κ1) is 22.4. The Morgan fingerprint density at radius 2 is 1.00 bits per heavy atom. The van der Waals surface area contributed by atoms with Crippen LogP contribution in [0, 0.1) is 11.5 Å². The molecule has 0 aliphatic heterocycles. The molecule has 0 aliphatic rings. The van der Waals surface area contributed by atoms with Gasteiger partial charge in [0.1, 0.15) is 23.0 Å². The van der Waals surface area contributed by atoms with E-state index >= 15 is 0 Å². The molecule has 0 aromatic heterocycles. The van der Waals surface area contributed by atoms with Gasteiger partial charge in [-0.05, 0) is 72.8 Å². The lowest BCUT2D eigenvalue weighted by atomic mass is 10.3. The number of hydrogen-bond acceptors (Lipinski definition) is 10. The van der Waals surface area contributed by atoms with E-state index in [0.717, 1.165) is 0 Å². The zero-order chi connectivity index (χ0) is 22.8. The highest BCUT2D eigenvalue weighted by molar-refractivity contribution is 8.08. The third-order valence-corrected chi connectivity index (χ3v) is 5.64. The largest absolute Gasteiger partial charge is 0.490 e. The minimum atomic E-state index is -3.46. The lowest BCUT2D eigenvalue weighted by Gasteiger charge is -2.23. The molecule has 0 radical (unpaired) electrons. The molecule has 0 fully saturated rings. The van der Waals surface area contributed by atoms with Gasteiger partial charge in [0.05, 0.1) is 11.4 Å². The van der Waals surface area contributed by atoms with Crippen molar-refractivity contribution in [1.82, 2.24) is 0 Å². The van der Waals surface area contributed by atoms with Crippen LogP contribution in [-0.2, 0) is 21.4 Å². The van der Waals surface area contributed by atoms with E-state index in [-0.39, 0.29) is 0 Å². The monoisotopic (exact) mass is 465 g/mol. The second kappa shape index (κ2) is 10.7. The number of hydrogen-bond donors (Lipinski definition) is 0. The van der Waals surface area contributed by atoms with Crippen LogP contribution in [0.4, 0.5) is 11.4 Å². The van der Waals surface area contributed by atoms with Crippen LogP contribution < -0.4 is 18.3 Å². The lowest BCUT2D eigenvalue weighted by Crippen LogP contribution is -2.07. The molecule has 9 nitrogen and oxygen atoms in total. The molecule has 11 heteroatoms. The van der Waals surface area contributed by atoms with E-state index in [1.165, 1.54) is 24.3 Å². The molecule has 0 unspecified atom stereocenters. The predicted molar refractivity (Wildman–Crippen MR) is 117 cm³/mol. The Kier molecular flexibility index (Phi) is 7.50. The number of isocyanates is 2. The summed E-state index contributed by atoms with van der Waals surface area (Å²) in [5.41, 5.74) is 0.781. The molecule has 0 amide bonds. The summed E-state index contributed by atoms with van der Waals surface area (Å²) >= 11 is 5.59. The maximum Gasteiger partial charge on any atom is 0.490 e. The smallest absolute Gasteiger partial charge is 0.407 e. The van der Waals surface area contributed by atoms with Gasteiger partial charge >= 0.3 is 6.72 Å². The Hall–Kier alpha value is -4.24. The number of rotatable bonds is 9. The maximum absolute atomic E-state index is 10.4. The number of nitrogens with zero attached hydrogens (tertiary/aromatic N) is 3. The number of nitriles is 1. The molecule has 0 atom stereocenters. The fraction of sp³-hybridized carbons (Fsp3) is 0. The molecular formula is C21H12N3O6PS. The Balaban J connectivity index is 1.87. The fourth-order valence-corrected chi connectivity index (χ4v) is 4.36. The summed E-state index contributed by atoms with van der Waals surface area (Å²) in [6, 6.07) is 18.5. The van der Waals surface area contributed by atoms with Crippen LogP contribution >= 0.6 is 6.72 Å². The minimum Gasteiger partial charge on any atom is -0.407 e. The van der Waals surface area contributed by atoms with Gasteiger partial charge in [-0.15, -0.1) is 5.26 Å². The highest BCUT2D eigenvalue weighted by Crippen LogP contribution is 2.50. The fourth-order valence-electron chi connectivity index (χ4n) is 2.33. The van der Waals surface area contributed by atoms with E-state index in [2.05, 4.69) is 9.98 Å². The van der Waals surface area contributed by atoms with Crippen molar-refractivity contribution in [3.63, 3.8) is 0 Å². The van der Waals surface area contributed by atoms with Crippen molar-refractivity contribution in [2.75, 3.05) is 0 Å². The van der Waals surface area contributed by atoms with Gasteiger partial charge in [-0.1, -0.05) is 0 Å². The van der Waals surface area contributed by atoms with E-state index in [1.807, 2.05) is 0 Å². The predicted octanol–water partition coefficient (Wildman–Crippen LogP) is 5.24. The van der Waals surface area contributed by atoms with E-state index in [4.69, 9.17) is 35.4 Å². The van der Waals surface area contributed by atoms with Crippen LogP contribution in [0.5, 0.6) is 23.0 Å². The van der Waals surface area contributed by atoms with Crippen LogP contribution in [0.3, 0.4) is 0 Å². The summed E-state index contributed by atoms with van der Waals surface area (Å²) in [6.07, 6.45) is 4.48. The van der Waals surface area contributed by atoms with Crippen LogP contribution in [0.1, 0.15) is 0 Å². The van der Waals surface area contributed by atoms with Crippen molar-refractivity contribution in [3.8, 4) is 29.3 Å². The van der Waals surface area contributed by atoms with E-state index in [9.17, 15) is 9.59 Å². The molecule has 0 saturated carbocycles. The summed E-state index contributed by atoms with van der Waals surface area (Å²) in [5, 5.41) is 8.60. The Bertz CT molecular complexity index is 1190. The molecule has 0 heterocycles. The van der Waals surface area contributed by atoms with Crippen molar-refractivity contribution >= 4 is 42.1 Å². The van der Waals surface area contributed by atoms with Gasteiger partial charge in [0.15, 0.2) is 0 Å². The normalized spacial score (nSPS) is 11.5. The van der Waals surface area contributed by atoms with Crippen molar-refractivity contribution in [2.45, 2.75) is 0 Å². The van der Waals surface area contributed by atoms with Crippen molar-refractivity contribution in [2.24, 2.45) is 9.98 Å². The summed E-state index contributed by atoms with van der Waals surface area (Å²) in [4.78, 5) is 27.8. The molecule has 32 heavy (non-hydrogen) atoms.